The number of halogens is 1. The van der Waals surface area contributed by atoms with Crippen molar-refractivity contribution in [1.82, 2.24) is 10.7 Å². The molecule has 0 saturated heterocycles. The fraction of sp³-hybridized carbons (Fsp3) is 0.0667. The van der Waals surface area contributed by atoms with Gasteiger partial charge in [-0.15, -0.1) is 0 Å². The second-order valence-electron chi connectivity index (χ2n) is 9.03. The molecule has 0 saturated carbocycles. The molecule has 12 nitrogen and oxygen atoms in total. The quantitative estimate of drug-likeness (QED) is 0.0598. The molecule has 0 radical (unpaired) electrons. The van der Waals surface area contributed by atoms with Gasteiger partial charge in [0.15, 0.2) is 5.75 Å². The van der Waals surface area contributed by atoms with Crippen LogP contribution in [0.4, 0.5) is 11.4 Å². The molecular weight excluding hydrogens is 622 g/mol. The lowest BCUT2D eigenvalue weighted by atomic mass is 10.1. The van der Waals surface area contributed by atoms with Gasteiger partial charge in [0.25, 0.3) is 17.5 Å². The van der Waals surface area contributed by atoms with Crippen molar-refractivity contribution >= 4 is 57.4 Å². The molecule has 0 unspecified atom stereocenters. The summed E-state index contributed by atoms with van der Waals surface area (Å²) in [5, 5.41) is 18.0. The van der Waals surface area contributed by atoms with E-state index in [9.17, 15) is 24.5 Å². The third-order valence-corrected chi connectivity index (χ3v) is 6.39. The number of hydrogen-bond acceptors (Lipinski definition) is 9. The standard InChI is InChI=1S/C30H24BrN5O7/c1-35(2)22-12-10-19(11-13-22)15-25(33-28(37)20-7-4-3-5-8-20)29(38)34-32-18-21-16-23(36(40)41)17-24(31)27(21)43-30(39)26-9-6-14-42-26/h3-18H,1-2H3,(H,33,37)(H,34,38)/b25-15+,32-18-. The van der Waals surface area contributed by atoms with Crippen LogP contribution in [-0.4, -0.2) is 43.0 Å². The van der Waals surface area contributed by atoms with E-state index in [1.165, 1.54) is 24.5 Å². The van der Waals surface area contributed by atoms with Crippen molar-refractivity contribution < 1.29 is 28.5 Å². The predicted molar refractivity (Wildman–Crippen MR) is 163 cm³/mol. The van der Waals surface area contributed by atoms with Crippen LogP contribution in [0.15, 0.2) is 105 Å². The number of esters is 1. The number of hydrogen-bond donors (Lipinski definition) is 2. The summed E-state index contributed by atoms with van der Waals surface area (Å²) in [4.78, 5) is 51.3. The number of nitro benzene ring substituents is 1. The summed E-state index contributed by atoms with van der Waals surface area (Å²) in [5.41, 5.74) is 3.76. The van der Waals surface area contributed by atoms with Crippen LogP contribution in [-0.2, 0) is 4.79 Å². The summed E-state index contributed by atoms with van der Waals surface area (Å²) in [5.74, 6) is -2.35. The normalized spacial score (nSPS) is 11.2. The lowest BCUT2D eigenvalue weighted by Gasteiger charge is -2.13. The number of benzene rings is 3. The van der Waals surface area contributed by atoms with E-state index in [-0.39, 0.29) is 32.9 Å². The van der Waals surface area contributed by atoms with Crippen LogP contribution < -0.4 is 20.4 Å². The first-order valence-corrected chi connectivity index (χ1v) is 13.3. The van der Waals surface area contributed by atoms with Crippen molar-refractivity contribution in [3.8, 4) is 5.75 Å². The van der Waals surface area contributed by atoms with Gasteiger partial charge in [0.2, 0.25) is 5.76 Å². The minimum absolute atomic E-state index is 0.000550. The first kappa shape index (κ1) is 30.4. The zero-order valence-corrected chi connectivity index (χ0v) is 24.4. The first-order chi connectivity index (χ1) is 20.6. The maximum atomic E-state index is 13.2. The van der Waals surface area contributed by atoms with Gasteiger partial charge >= 0.3 is 5.97 Å². The molecule has 3 aromatic carbocycles. The number of non-ortho nitro benzene ring substituents is 1. The summed E-state index contributed by atoms with van der Waals surface area (Å²) < 4.78 is 10.5. The lowest BCUT2D eigenvalue weighted by molar-refractivity contribution is -0.385. The van der Waals surface area contributed by atoms with Crippen LogP contribution >= 0.6 is 15.9 Å². The Labute approximate surface area is 253 Å². The SMILES string of the molecule is CN(C)c1ccc(/C=C(/NC(=O)c2ccccc2)C(=O)N/N=C\c2cc([N+](=O)[O-])cc(Br)c2OC(=O)c2ccco2)cc1. The number of nitro groups is 1. The van der Waals surface area contributed by atoms with Crippen molar-refractivity contribution in [3.05, 3.63) is 128 Å². The number of rotatable bonds is 10. The van der Waals surface area contributed by atoms with Crippen LogP contribution in [0, 0.1) is 10.1 Å². The number of carbonyl (C=O) groups is 3. The number of furan rings is 1. The number of hydrazone groups is 1. The van der Waals surface area contributed by atoms with Gasteiger partial charge in [-0.05, 0) is 64.0 Å². The monoisotopic (exact) mass is 645 g/mol. The molecule has 0 bridgehead atoms. The van der Waals surface area contributed by atoms with E-state index >= 15 is 0 Å². The van der Waals surface area contributed by atoms with Crippen molar-refractivity contribution in [2.24, 2.45) is 5.10 Å². The van der Waals surface area contributed by atoms with Gasteiger partial charge in [-0.1, -0.05) is 30.3 Å². The molecule has 0 atom stereocenters. The highest BCUT2D eigenvalue weighted by Crippen LogP contribution is 2.33. The number of anilines is 1. The van der Waals surface area contributed by atoms with Gasteiger partial charge in [0, 0.05) is 43.0 Å². The molecule has 4 aromatic rings. The van der Waals surface area contributed by atoms with Crippen molar-refractivity contribution in [2.45, 2.75) is 0 Å². The first-order valence-electron chi connectivity index (χ1n) is 12.5. The largest absolute Gasteiger partial charge is 0.457 e. The number of carbonyl (C=O) groups excluding carboxylic acids is 3. The van der Waals surface area contributed by atoms with Crippen molar-refractivity contribution in [3.63, 3.8) is 0 Å². The highest BCUT2D eigenvalue weighted by atomic mass is 79.9. The van der Waals surface area contributed by atoms with E-state index in [1.807, 2.05) is 31.1 Å². The van der Waals surface area contributed by atoms with E-state index < -0.39 is 22.7 Å². The fourth-order valence-corrected chi connectivity index (χ4v) is 4.19. The molecule has 0 fully saturated rings. The molecule has 13 heteroatoms. The second-order valence-corrected chi connectivity index (χ2v) is 9.89. The molecule has 2 N–H and O–H groups in total. The predicted octanol–water partition coefficient (Wildman–Crippen LogP) is 5.16. The second kappa shape index (κ2) is 13.9. The highest BCUT2D eigenvalue weighted by molar-refractivity contribution is 9.10. The van der Waals surface area contributed by atoms with Crippen LogP contribution in [0.5, 0.6) is 5.75 Å². The molecule has 0 spiro atoms. The highest BCUT2D eigenvalue weighted by Gasteiger charge is 2.21. The van der Waals surface area contributed by atoms with E-state index in [2.05, 4.69) is 31.8 Å². The van der Waals surface area contributed by atoms with E-state index in [1.54, 1.807) is 42.5 Å². The summed E-state index contributed by atoms with van der Waals surface area (Å²) in [6, 6.07) is 20.8. The fourth-order valence-electron chi connectivity index (χ4n) is 3.64. The Morgan fingerprint density at radius 2 is 1.74 bits per heavy atom. The van der Waals surface area contributed by atoms with Crippen molar-refractivity contribution in [2.75, 3.05) is 19.0 Å². The molecule has 218 valence electrons. The van der Waals surface area contributed by atoms with Gasteiger partial charge in [-0.3, -0.25) is 19.7 Å². The third-order valence-electron chi connectivity index (χ3n) is 5.80. The van der Waals surface area contributed by atoms with Gasteiger partial charge in [0.1, 0.15) is 5.70 Å². The molecule has 43 heavy (non-hydrogen) atoms. The number of amides is 2. The van der Waals surface area contributed by atoms with Gasteiger partial charge in [-0.25, -0.2) is 10.2 Å². The van der Waals surface area contributed by atoms with E-state index in [4.69, 9.17) is 9.15 Å². The Balaban J connectivity index is 1.61. The summed E-state index contributed by atoms with van der Waals surface area (Å²) in [6.45, 7) is 0. The lowest BCUT2D eigenvalue weighted by Crippen LogP contribution is -2.32. The minimum Gasteiger partial charge on any atom is -0.457 e. The Kier molecular flexibility index (Phi) is 9.81. The smallest absolute Gasteiger partial charge is 0.379 e. The van der Waals surface area contributed by atoms with Crippen LogP contribution in [0.2, 0.25) is 0 Å². The van der Waals surface area contributed by atoms with E-state index in [0.29, 0.717) is 11.1 Å². The van der Waals surface area contributed by atoms with Crippen LogP contribution in [0.1, 0.15) is 32.0 Å². The average molecular weight is 646 g/mol. The molecular formula is C30H24BrN5O7. The zero-order valence-electron chi connectivity index (χ0n) is 22.8. The van der Waals surface area contributed by atoms with Gasteiger partial charge < -0.3 is 19.4 Å². The summed E-state index contributed by atoms with van der Waals surface area (Å²) >= 11 is 3.18. The number of ether oxygens (including phenoxy) is 1. The topological polar surface area (TPSA) is 156 Å². The Morgan fingerprint density at radius 3 is 2.37 bits per heavy atom. The van der Waals surface area contributed by atoms with Gasteiger partial charge in [-0.2, -0.15) is 5.10 Å². The maximum Gasteiger partial charge on any atom is 0.379 e. The Hall–Kier alpha value is -5.56. The maximum absolute atomic E-state index is 13.2. The van der Waals surface area contributed by atoms with Crippen molar-refractivity contribution in [1.29, 1.82) is 0 Å². The van der Waals surface area contributed by atoms with Crippen LogP contribution in [0.3, 0.4) is 0 Å². The third kappa shape index (κ3) is 8.01. The molecule has 1 aromatic heterocycles. The van der Waals surface area contributed by atoms with Crippen LogP contribution in [0.25, 0.3) is 6.08 Å². The average Bonchev–Trinajstić information content (AvgIpc) is 3.54. The molecule has 4 rings (SSSR count). The molecule has 2 amide bonds. The molecule has 0 aliphatic rings. The molecule has 0 aliphatic heterocycles. The zero-order chi connectivity index (χ0) is 30.9. The Morgan fingerprint density at radius 1 is 1.02 bits per heavy atom. The summed E-state index contributed by atoms with van der Waals surface area (Å²) in [7, 11) is 3.79. The number of nitrogens with one attached hydrogen (secondary N) is 2. The number of nitrogens with zero attached hydrogens (tertiary/aromatic N) is 3. The van der Waals surface area contributed by atoms with E-state index in [0.717, 1.165) is 24.0 Å². The minimum atomic E-state index is -0.854. The molecule has 0 aliphatic carbocycles. The van der Waals surface area contributed by atoms with Gasteiger partial charge in [0.05, 0.1) is 21.9 Å². The molecule has 1 heterocycles. The Bertz CT molecular complexity index is 1700. The summed E-state index contributed by atoms with van der Waals surface area (Å²) in [6.07, 6.45) is 3.84.